The fourth-order valence-corrected chi connectivity index (χ4v) is 5.04. The van der Waals surface area contributed by atoms with Crippen LogP contribution in [0.25, 0.3) is 10.9 Å². The van der Waals surface area contributed by atoms with Crippen molar-refractivity contribution in [2.75, 3.05) is 5.32 Å². The van der Waals surface area contributed by atoms with Crippen molar-refractivity contribution in [3.05, 3.63) is 106 Å². The van der Waals surface area contributed by atoms with Gasteiger partial charge in [0, 0.05) is 34.3 Å². The maximum atomic E-state index is 15.0. The molecule has 5 rings (SSSR count). The van der Waals surface area contributed by atoms with Crippen molar-refractivity contribution in [2.24, 2.45) is 0 Å². The van der Waals surface area contributed by atoms with E-state index in [4.69, 9.17) is 23.2 Å². The number of nitrogens with zero attached hydrogens (tertiary/aromatic N) is 5. The summed E-state index contributed by atoms with van der Waals surface area (Å²) in [5.41, 5.74) is 1.10. The van der Waals surface area contributed by atoms with Crippen LogP contribution in [-0.4, -0.2) is 29.7 Å². The number of nitrogens with one attached hydrogen (secondary N) is 1. The topological polar surface area (TPSA) is 80.8 Å². The SMILES string of the molecule is Cc1nn([C@H](C)[C@](O)(Cn2cncn2)c2ccc(F)cc2F)c2c(Cl)cc(NCc3ccc(Cl)cc3)cc12. The van der Waals surface area contributed by atoms with Crippen LogP contribution in [0.3, 0.4) is 0 Å². The molecule has 0 amide bonds. The number of aliphatic hydroxyl groups is 1. The predicted octanol–water partition coefficient (Wildman–Crippen LogP) is 6.28. The minimum absolute atomic E-state index is 0.0967. The van der Waals surface area contributed by atoms with Crippen molar-refractivity contribution in [1.29, 1.82) is 0 Å². The van der Waals surface area contributed by atoms with Crippen LogP contribution in [0, 0.1) is 18.6 Å². The molecule has 0 radical (unpaired) electrons. The van der Waals surface area contributed by atoms with Crippen LogP contribution in [0.2, 0.25) is 10.0 Å². The Labute approximate surface area is 227 Å². The second kappa shape index (κ2) is 10.3. The Kier molecular flexibility index (Phi) is 7.09. The van der Waals surface area contributed by atoms with Crippen LogP contribution in [-0.2, 0) is 18.7 Å². The average Bonchev–Trinajstić information content (AvgIpc) is 3.51. The third kappa shape index (κ3) is 4.97. The van der Waals surface area contributed by atoms with Crippen molar-refractivity contribution >= 4 is 39.8 Å². The molecule has 0 spiro atoms. The summed E-state index contributed by atoms with van der Waals surface area (Å²) in [5.74, 6) is -1.63. The number of rotatable bonds is 8. The van der Waals surface area contributed by atoms with Gasteiger partial charge >= 0.3 is 0 Å². The zero-order chi connectivity index (χ0) is 27.0. The molecule has 38 heavy (non-hydrogen) atoms. The third-order valence-corrected chi connectivity index (χ3v) is 7.22. The smallest absolute Gasteiger partial charge is 0.137 e. The Morgan fingerprint density at radius 1 is 1.08 bits per heavy atom. The first-order valence-corrected chi connectivity index (χ1v) is 12.6. The second-order valence-electron chi connectivity index (χ2n) is 9.18. The zero-order valence-corrected chi connectivity index (χ0v) is 22.0. The van der Waals surface area contributed by atoms with E-state index >= 15 is 4.39 Å². The number of hydrogen-bond acceptors (Lipinski definition) is 5. The molecular formula is C27H24Cl2F2N6O. The first-order chi connectivity index (χ1) is 18.2. The molecule has 0 fully saturated rings. The van der Waals surface area contributed by atoms with Gasteiger partial charge in [-0.2, -0.15) is 10.2 Å². The molecule has 0 aliphatic heterocycles. The van der Waals surface area contributed by atoms with Gasteiger partial charge in [0.2, 0.25) is 0 Å². The van der Waals surface area contributed by atoms with E-state index in [1.165, 1.54) is 23.4 Å². The normalized spacial score (nSPS) is 14.0. The van der Waals surface area contributed by atoms with Gasteiger partial charge in [-0.15, -0.1) is 0 Å². The van der Waals surface area contributed by atoms with E-state index in [-0.39, 0.29) is 12.1 Å². The lowest BCUT2D eigenvalue weighted by atomic mass is 9.86. The Balaban J connectivity index is 1.54. The van der Waals surface area contributed by atoms with Crippen molar-refractivity contribution in [3.8, 4) is 0 Å². The number of anilines is 1. The van der Waals surface area contributed by atoms with Crippen molar-refractivity contribution in [1.82, 2.24) is 24.5 Å². The summed E-state index contributed by atoms with van der Waals surface area (Å²) in [4.78, 5) is 3.92. The summed E-state index contributed by atoms with van der Waals surface area (Å²) in [6.07, 6.45) is 2.73. The first-order valence-electron chi connectivity index (χ1n) is 11.8. The molecule has 5 aromatic rings. The lowest BCUT2D eigenvalue weighted by Crippen LogP contribution is -2.41. The monoisotopic (exact) mass is 556 g/mol. The van der Waals surface area contributed by atoms with Crippen LogP contribution in [0.1, 0.15) is 29.8 Å². The highest BCUT2D eigenvalue weighted by Gasteiger charge is 2.41. The second-order valence-corrected chi connectivity index (χ2v) is 10.0. The molecule has 11 heteroatoms. The summed E-state index contributed by atoms with van der Waals surface area (Å²) < 4.78 is 31.7. The van der Waals surface area contributed by atoms with Gasteiger partial charge in [-0.05, 0) is 49.7 Å². The summed E-state index contributed by atoms with van der Waals surface area (Å²) >= 11 is 12.7. The Morgan fingerprint density at radius 3 is 2.53 bits per heavy atom. The summed E-state index contributed by atoms with van der Waals surface area (Å²) in [6, 6.07) is 13.5. The summed E-state index contributed by atoms with van der Waals surface area (Å²) in [7, 11) is 0. The highest BCUT2D eigenvalue weighted by atomic mass is 35.5. The van der Waals surface area contributed by atoms with E-state index in [0.717, 1.165) is 28.8 Å². The van der Waals surface area contributed by atoms with Crippen LogP contribution in [0.5, 0.6) is 0 Å². The van der Waals surface area contributed by atoms with Crippen LogP contribution in [0.15, 0.2) is 67.3 Å². The fourth-order valence-electron chi connectivity index (χ4n) is 4.61. The van der Waals surface area contributed by atoms with E-state index in [9.17, 15) is 9.50 Å². The van der Waals surface area contributed by atoms with Crippen LogP contribution >= 0.6 is 23.2 Å². The van der Waals surface area contributed by atoms with Gasteiger partial charge in [-0.25, -0.2) is 18.4 Å². The van der Waals surface area contributed by atoms with E-state index in [1.54, 1.807) is 17.7 Å². The molecule has 0 bridgehead atoms. The van der Waals surface area contributed by atoms with E-state index in [0.29, 0.717) is 27.8 Å². The zero-order valence-electron chi connectivity index (χ0n) is 20.5. The maximum absolute atomic E-state index is 15.0. The van der Waals surface area contributed by atoms with Gasteiger partial charge < -0.3 is 10.4 Å². The molecule has 2 aromatic heterocycles. The molecule has 2 N–H and O–H groups in total. The molecule has 0 unspecified atom stereocenters. The number of aromatic nitrogens is 5. The largest absolute Gasteiger partial charge is 0.381 e. The Bertz CT molecular complexity index is 1590. The molecule has 0 saturated carbocycles. The van der Waals surface area contributed by atoms with Crippen molar-refractivity contribution in [3.63, 3.8) is 0 Å². The molecule has 2 heterocycles. The minimum atomic E-state index is -1.88. The lowest BCUT2D eigenvalue weighted by molar-refractivity contribution is -0.0355. The highest BCUT2D eigenvalue weighted by Crippen LogP contribution is 2.40. The molecule has 3 aromatic carbocycles. The Hall–Kier alpha value is -3.53. The van der Waals surface area contributed by atoms with Gasteiger partial charge in [0.05, 0.1) is 28.8 Å². The number of halogens is 4. The van der Waals surface area contributed by atoms with E-state index in [2.05, 4.69) is 20.5 Å². The molecular weight excluding hydrogens is 533 g/mol. The number of benzene rings is 3. The minimum Gasteiger partial charge on any atom is -0.381 e. The highest BCUT2D eigenvalue weighted by molar-refractivity contribution is 6.35. The summed E-state index contributed by atoms with van der Waals surface area (Å²) in [6.45, 7) is 3.94. The molecule has 2 atom stereocenters. The molecule has 0 aliphatic rings. The standard InChI is InChI=1S/C27H24Cl2F2N6O/c1-16-22-10-21(33-12-18-3-5-19(28)6-4-18)11-24(29)26(22)37(35-16)17(2)27(38,13-36-15-32-14-34-36)23-8-7-20(30)9-25(23)31/h3-11,14-15,17,33,38H,12-13H2,1-2H3/t17-,27-/m1/s1. The molecule has 196 valence electrons. The fraction of sp³-hybridized carbons (Fsp3) is 0.222. The lowest BCUT2D eigenvalue weighted by Gasteiger charge is -2.35. The van der Waals surface area contributed by atoms with Crippen LogP contribution in [0.4, 0.5) is 14.5 Å². The van der Waals surface area contributed by atoms with Gasteiger partial charge in [-0.3, -0.25) is 4.68 Å². The number of aryl methyl sites for hydroxylation is 1. The molecule has 7 nitrogen and oxygen atoms in total. The third-order valence-electron chi connectivity index (χ3n) is 6.68. The van der Waals surface area contributed by atoms with E-state index in [1.807, 2.05) is 37.3 Å². The maximum Gasteiger partial charge on any atom is 0.137 e. The van der Waals surface area contributed by atoms with Gasteiger partial charge in [-0.1, -0.05) is 41.4 Å². The summed E-state index contributed by atoms with van der Waals surface area (Å²) in [5, 5.41) is 26.0. The predicted molar refractivity (Wildman–Crippen MR) is 143 cm³/mol. The van der Waals surface area contributed by atoms with Crippen molar-refractivity contribution < 1.29 is 13.9 Å². The Morgan fingerprint density at radius 2 is 1.84 bits per heavy atom. The van der Waals surface area contributed by atoms with Crippen LogP contribution < -0.4 is 5.32 Å². The van der Waals surface area contributed by atoms with Gasteiger partial charge in [0.25, 0.3) is 0 Å². The first kappa shape index (κ1) is 26.1. The quantitative estimate of drug-likeness (QED) is 0.235. The average molecular weight is 557 g/mol. The van der Waals surface area contributed by atoms with Gasteiger partial charge in [0.1, 0.15) is 29.9 Å². The number of hydrogen-bond donors (Lipinski definition) is 2. The van der Waals surface area contributed by atoms with Crippen molar-refractivity contribution in [2.45, 2.75) is 38.6 Å². The van der Waals surface area contributed by atoms with Gasteiger partial charge in [0.15, 0.2) is 0 Å². The molecule has 0 saturated heterocycles. The molecule has 0 aliphatic carbocycles. The number of fused-ring (bicyclic) bond motifs is 1. The van der Waals surface area contributed by atoms with E-state index < -0.39 is 23.3 Å².